The van der Waals surface area contributed by atoms with Gasteiger partial charge in [-0.25, -0.2) is 0 Å². The molecule has 1 aliphatic heterocycles. The molecule has 114 valence electrons. The molecule has 1 aliphatic rings. The highest BCUT2D eigenvalue weighted by atomic mass is 16.2. The largest absolute Gasteiger partial charge is 0.360 e. The number of hydrogen-bond acceptors (Lipinski definition) is 4. The summed E-state index contributed by atoms with van der Waals surface area (Å²) in [7, 11) is 0. The molecule has 1 heterocycles. The van der Waals surface area contributed by atoms with Crippen LogP contribution in [0.15, 0.2) is 36.0 Å². The Morgan fingerprint density at radius 2 is 2.00 bits per heavy atom. The van der Waals surface area contributed by atoms with E-state index < -0.39 is 0 Å². The normalized spacial score (nSPS) is 15.1. The monoisotopic (exact) mass is 297 g/mol. The lowest BCUT2D eigenvalue weighted by molar-refractivity contribution is -0.127. The second kappa shape index (κ2) is 7.41. The average Bonchev–Trinajstić information content (AvgIpc) is 2.56. The summed E-state index contributed by atoms with van der Waals surface area (Å²) in [6.45, 7) is 2.91. The van der Waals surface area contributed by atoms with Gasteiger partial charge in [0.25, 0.3) is 5.91 Å². The van der Waals surface area contributed by atoms with E-state index >= 15 is 0 Å². The number of nitrogens with one attached hydrogen (secondary N) is 1. The van der Waals surface area contributed by atoms with Crippen molar-refractivity contribution >= 4 is 17.4 Å². The quantitative estimate of drug-likeness (QED) is 0.527. The third-order valence-electron chi connectivity index (χ3n) is 3.65. The van der Waals surface area contributed by atoms with Crippen molar-refractivity contribution in [3.8, 4) is 6.07 Å². The number of nitriles is 1. The Hall–Kier alpha value is -2.61. The number of ketones is 1. The van der Waals surface area contributed by atoms with Gasteiger partial charge in [0.1, 0.15) is 11.6 Å². The van der Waals surface area contributed by atoms with Crippen LogP contribution in [0, 0.1) is 11.3 Å². The first-order valence-corrected chi connectivity index (χ1v) is 7.39. The van der Waals surface area contributed by atoms with E-state index in [1.807, 2.05) is 6.07 Å². The van der Waals surface area contributed by atoms with Gasteiger partial charge in [-0.1, -0.05) is 12.1 Å². The van der Waals surface area contributed by atoms with Gasteiger partial charge in [-0.3, -0.25) is 9.59 Å². The zero-order valence-electron chi connectivity index (χ0n) is 12.6. The van der Waals surface area contributed by atoms with Crippen molar-refractivity contribution in [1.82, 2.24) is 4.90 Å². The fraction of sp³-hybridized carbons (Fsp3) is 0.353. The Bertz CT molecular complexity index is 638. The van der Waals surface area contributed by atoms with E-state index in [2.05, 4.69) is 5.32 Å². The molecular weight excluding hydrogens is 278 g/mol. The fourth-order valence-electron chi connectivity index (χ4n) is 2.39. The molecule has 0 aliphatic carbocycles. The predicted octanol–water partition coefficient (Wildman–Crippen LogP) is 2.72. The van der Waals surface area contributed by atoms with Gasteiger partial charge in [0.2, 0.25) is 0 Å². The van der Waals surface area contributed by atoms with Crippen LogP contribution in [0.1, 0.15) is 36.5 Å². The van der Waals surface area contributed by atoms with Gasteiger partial charge in [0.15, 0.2) is 5.78 Å². The molecule has 1 saturated heterocycles. The smallest absolute Gasteiger partial charge is 0.266 e. The third kappa shape index (κ3) is 3.95. The van der Waals surface area contributed by atoms with Gasteiger partial charge in [-0.2, -0.15) is 5.26 Å². The second-order valence-electron chi connectivity index (χ2n) is 5.30. The van der Waals surface area contributed by atoms with E-state index in [-0.39, 0.29) is 17.3 Å². The highest BCUT2D eigenvalue weighted by Crippen LogP contribution is 2.14. The van der Waals surface area contributed by atoms with Gasteiger partial charge in [-0.15, -0.1) is 0 Å². The number of piperidine rings is 1. The van der Waals surface area contributed by atoms with Gasteiger partial charge < -0.3 is 10.2 Å². The van der Waals surface area contributed by atoms with E-state index in [9.17, 15) is 14.9 Å². The number of carbonyl (C=O) groups is 2. The molecule has 1 amide bonds. The maximum Gasteiger partial charge on any atom is 0.266 e. The Balaban J connectivity index is 2.09. The Morgan fingerprint density at radius 1 is 1.27 bits per heavy atom. The zero-order valence-corrected chi connectivity index (χ0v) is 12.6. The van der Waals surface area contributed by atoms with E-state index in [0.717, 1.165) is 19.3 Å². The molecule has 1 aromatic rings. The Morgan fingerprint density at radius 3 is 2.64 bits per heavy atom. The lowest BCUT2D eigenvalue weighted by Crippen LogP contribution is -2.36. The van der Waals surface area contributed by atoms with Crippen LogP contribution in [0.2, 0.25) is 0 Å². The number of hydrogen-bond donors (Lipinski definition) is 1. The van der Waals surface area contributed by atoms with Gasteiger partial charge in [0.05, 0.1) is 0 Å². The van der Waals surface area contributed by atoms with E-state index in [0.29, 0.717) is 24.3 Å². The molecule has 5 nitrogen and oxygen atoms in total. The van der Waals surface area contributed by atoms with Crippen LogP contribution in [-0.4, -0.2) is 29.7 Å². The maximum atomic E-state index is 12.3. The fourth-order valence-corrected chi connectivity index (χ4v) is 2.39. The first-order chi connectivity index (χ1) is 10.6. The summed E-state index contributed by atoms with van der Waals surface area (Å²) in [6.07, 6.45) is 4.51. The van der Waals surface area contributed by atoms with E-state index in [1.165, 1.54) is 13.1 Å². The summed E-state index contributed by atoms with van der Waals surface area (Å²) < 4.78 is 0. The minimum Gasteiger partial charge on any atom is -0.360 e. The molecule has 0 unspecified atom stereocenters. The van der Waals surface area contributed by atoms with Crippen LogP contribution in [0.5, 0.6) is 0 Å². The molecular formula is C17H19N3O2. The molecule has 1 aromatic carbocycles. The molecule has 1 N–H and O–H groups in total. The van der Waals surface area contributed by atoms with Crippen molar-refractivity contribution in [2.45, 2.75) is 26.2 Å². The first kappa shape index (κ1) is 15.8. The molecule has 0 radical (unpaired) electrons. The summed E-state index contributed by atoms with van der Waals surface area (Å²) in [6, 6.07) is 8.90. The molecule has 1 fully saturated rings. The summed E-state index contributed by atoms with van der Waals surface area (Å²) in [5, 5.41) is 12.1. The lowest BCUT2D eigenvalue weighted by Gasteiger charge is -2.26. The van der Waals surface area contributed by atoms with Crippen molar-refractivity contribution < 1.29 is 9.59 Å². The van der Waals surface area contributed by atoms with Crippen LogP contribution in [-0.2, 0) is 4.79 Å². The van der Waals surface area contributed by atoms with E-state index in [4.69, 9.17) is 0 Å². The average molecular weight is 297 g/mol. The molecule has 22 heavy (non-hydrogen) atoms. The highest BCUT2D eigenvalue weighted by Gasteiger charge is 2.20. The molecule has 0 aromatic heterocycles. The van der Waals surface area contributed by atoms with Crippen LogP contribution in [0.25, 0.3) is 0 Å². The van der Waals surface area contributed by atoms with Crippen LogP contribution in [0.4, 0.5) is 5.69 Å². The van der Waals surface area contributed by atoms with Crippen molar-refractivity contribution in [3.63, 3.8) is 0 Å². The number of likely N-dealkylation sites (tertiary alicyclic amines) is 1. The Labute approximate surface area is 130 Å². The molecule has 0 atom stereocenters. The zero-order chi connectivity index (χ0) is 15.9. The molecule has 0 saturated carbocycles. The number of rotatable bonds is 4. The minimum absolute atomic E-state index is 0.0301. The standard InChI is InChI=1S/C17H19N3O2/c1-13(21)14-6-5-7-16(10-14)19-12-15(11-18)17(22)20-8-3-2-4-9-20/h5-7,10,12,19H,2-4,8-9H2,1H3/b15-12-. The second-order valence-corrected chi connectivity index (χ2v) is 5.30. The molecule has 0 spiro atoms. The van der Waals surface area contributed by atoms with Gasteiger partial charge >= 0.3 is 0 Å². The van der Waals surface area contributed by atoms with Crippen molar-refractivity contribution in [2.75, 3.05) is 18.4 Å². The van der Waals surface area contributed by atoms with Crippen LogP contribution in [0.3, 0.4) is 0 Å². The van der Waals surface area contributed by atoms with Crippen molar-refractivity contribution in [1.29, 1.82) is 5.26 Å². The summed E-state index contributed by atoms with van der Waals surface area (Å²) in [5.41, 5.74) is 1.33. The number of Topliss-reactive ketones (excluding diaryl/α,β-unsaturated/α-hetero) is 1. The highest BCUT2D eigenvalue weighted by molar-refractivity contribution is 5.98. The van der Waals surface area contributed by atoms with Crippen molar-refractivity contribution in [2.24, 2.45) is 0 Å². The predicted molar refractivity (Wildman–Crippen MR) is 84.2 cm³/mol. The Kier molecular flexibility index (Phi) is 5.31. The van der Waals surface area contributed by atoms with E-state index in [1.54, 1.807) is 29.2 Å². The maximum absolute atomic E-state index is 12.3. The summed E-state index contributed by atoms with van der Waals surface area (Å²) >= 11 is 0. The lowest BCUT2D eigenvalue weighted by atomic mass is 10.1. The SMILES string of the molecule is CC(=O)c1cccc(N/C=C(/C#N)C(=O)N2CCCCC2)c1. The number of carbonyl (C=O) groups excluding carboxylic acids is 2. The summed E-state index contributed by atoms with van der Waals surface area (Å²) in [5.74, 6) is -0.269. The topological polar surface area (TPSA) is 73.2 Å². The summed E-state index contributed by atoms with van der Waals surface area (Å²) in [4.78, 5) is 25.3. The van der Waals surface area contributed by atoms with Crippen molar-refractivity contribution in [3.05, 3.63) is 41.6 Å². The number of anilines is 1. The van der Waals surface area contributed by atoms with Gasteiger partial charge in [-0.05, 0) is 38.3 Å². The first-order valence-electron chi connectivity index (χ1n) is 7.39. The molecule has 2 rings (SSSR count). The number of benzene rings is 1. The number of nitrogens with zero attached hydrogens (tertiary/aromatic N) is 2. The van der Waals surface area contributed by atoms with Crippen LogP contribution >= 0.6 is 0 Å². The molecule has 0 bridgehead atoms. The minimum atomic E-state index is -0.238. The third-order valence-corrected chi connectivity index (χ3v) is 3.65. The van der Waals surface area contributed by atoms with Crippen LogP contribution < -0.4 is 5.32 Å². The molecule has 5 heteroatoms. The van der Waals surface area contributed by atoms with Gasteiger partial charge in [0, 0.05) is 30.5 Å². The number of amides is 1.